The minimum atomic E-state index is 0. The first kappa shape index (κ1) is 18.2. The molecular weight excluding hydrogens is 296 g/mol. The van der Waals surface area contributed by atoms with Gasteiger partial charge in [-0.05, 0) is 29.7 Å². The molecule has 0 bridgehead atoms. The molecule has 0 saturated carbocycles. The van der Waals surface area contributed by atoms with E-state index < -0.39 is 0 Å². The lowest BCUT2D eigenvalue weighted by atomic mass is 10.0. The molecule has 0 heterocycles. The SMILES string of the molecule is C[NH+](C)CCNC(=O)c1ccc(Cc2ccccc2)cc1.[Cl-]. The number of rotatable bonds is 6. The Morgan fingerprint density at radius 1 is 0.955 bits per heavy atom. The van der Waals surface area contributed by atoms with E-state index in [9.17, 15) is 4.79 Å². The molecule has 2 aromatic carbocycles. The molecule has 2 aromatic rings. The maximum atomic E-state index is 12.0. The summed E-state index contributed by atoms with van der Waals surface area (Å²) in [4.78, 5) is 13.3. The van der Waals surface area contributed by atoms with Gasteiger partial charge in [-0.15, -0.1) is 0 Å². The fourth-order valence-electron chi connectivity index (χ4n) is 2.13. The van der Waals surface area contributed by atoms with Gasteiger partial charge in [0.05, 0.1) is 27.2 Å². The van der Waals surface area contributed by atoms with Crippen LogP contribution in [0.4, 0.5) is 0 Å². The number of carbonyl (C=O) groups is 1. The van der Waals surface area contributed by atoms with Gasteiger partial charge in [0, 0.05) is 5.56 Å². The van der Waals surface area contributed by atoms with Crippen LogP contribution in [0.5, 0.6) is 0 Å². The third-order valence-corrected chi connectivity index (χ3v) is 3.38. The van der Waals surface area contributed by atoms with Crippen LogP contribution in [-0.4, -0.2) is 33.1 Å². The molecule has 0 aliphatic carbocycles. The molecule has 0 aliphatic rings. The number of hydrogen-bond acceptors (Lipinski definition) is 1. The van der Waals surface area contributed by atoms with E-state index in [4.69, 9.17) is 0 Å². The fourth-order valence-corrected chi connectivity index (χ4v) is 2.13. The van der Waals surface area contributed by atoms with Gasteiger partial charge in [-0.2, -0.15) is 0 Å². The summed E-state index contributed by atoms with van der Waals surface area (Å²) in [6.07, 6.45) is 0.896. The summed E-state index contributed by atoms with van der Waals surface area (Å²) in [6.45, 7) is 1.63. The number of nitrogens with one attached hydrogen (secondary N) is 2. The van der Waals surface area contributed by atoms with Gasteiger partial charge in [-0.25, -0.2) is 0 Å². The summed E-state index contributed by atoms with van der Waals surface area (Å²) >= 11 is 0. The predicted octanol–water partition coefficient (Wildman–Crippen LogP) is -1.84. The van der Waals surface area contributed by atoms with Crippen molar-refractivity contribution in [2.45, 2.75) is 6.42 Å². The van der Waals surface area contributed by atoms with Crippen molar-refractivity contribution < 1.29 is 22.1 Å². The van der Waals surface area contributed by atoms with Gasteiger partial charge in [-0.1, -0.05) is 42.5 Å². The Kier molecular flexibility index (Phi) is 7.64. The number of quaternary nitrogens is 1. The van der Waals surface area contributed by atoms with E-state index in [1.54, 1.807) is 0 Å². The van der Waals surface area contributed by atoms with Gasteiger partial charge in [0.25, 0.3) is 5.91 Å². The zero-order valence-corrected chi connectivity index (χ0v) is 13.9. The van der Waals surface area contributed by atoms with E-state index in [-0.39, 0.29) is 18.3 Å². The first-order chi connectivity index (χ1) is 10.1. The van der Waals surface area contributed by atoms with Crippen molar-refractivity contribution in [3.63, 3.8) is 0 Å². The Morgan fingerprint density at radius 2 is 1.55 bits per heavy atom. The Morgan fingerprint density at radius 3 is 2.14 bits per heavy atom. The highest BCUT2D eigenvalue weighted by molar-refractivity contribution is 5.94. The third kappa shape index (κ3) is 5.88. The van der Waals surface area contributed by atoms with Gasteiger partial charge < -0.3 is 22.6 Å². The topological polar surface area (TPSA) is 33.5 Å². The van der Waals surface area contributed by atoms with E-state index >= 15 is 0 Å². The highest BCUT2D eigenvalue weighted by atomic mass is 35.5. The lowest BCUT2D eigenvalue weighted by Crippen LogP contribution is -3.06. The molecule has 4 heteroatoms. The standard InChI is InChI=1S/C18H22N2O.ClH/c1-20(2)13-12-19-18(21)17-10-8-16(9-11-17)14-15-6-4-3-5-7-15;/h3-11H,12-14H2,1-2H3,(H,19,21);1H. The first-order valence-electron chi connectivity index (χ1n) is 7.35. The molecule has 2 N–H and O–H groups in total. The Balaban J connectivity index is 0.00000242. The van der Waals surface area contributed by atoms with Crippen LogP contribution in [0.3, 0.4) is 0 Å². The fraction of sp³-hybridized carbons (Fsp3) is 0.278. The van der Waals surface area contributed by atoms with Gasteiger partial charge in [-0.3, -0.25) is 4.79 Å². The van der Waals surface area contributed by atoms with Crippen LogP contribution in [0.25, 0.3) is 0 Å². The molecule has 2 rings (SSSR count). The van der Waals surface area contributed by atoms with Crippen molar-refractivity contribution in [1.82, 2.24) is 5.32 Å². The Hall–Kier alpha value is -1.84. The summed E-state index contributed by atoms with van der Waals surface area (Å²) in [7, 11) is 4.15. The molecule has 0 aromatic heterocycles. The normalized spacial score (nSPS) is 10.1. The van der Waals surface area contributed by atoms with E-state index in [1.807, 2.05) is 42.5 Å². The van der Waals surface area contributed by atoms with Crippen molar-refractivity contribution in [3.8, 4) is 0 Å². The van der Waals surface area contributed by atoms with Crippen LogP contribution in [-0.2, 0) is 6.42 Å². The van der Waals surface area contributed by atoms with E-state index in [1.165, 1.54) is 16.0 Å². The molecule has 118 valence electrons. The Labute approximate surface area is 138 Å². The molecule has 0 fully saturated rings. The minimum absolute atomic E-state index is 0. The number of benzene rings is 2. The maximum absolute atomic E-state index is 12.0. The van der Waals surface area contributed by atoms with E-state index in [0.29, 0.717) is 6.54 Å². The summed E-state index contributed by atoms with van der Waals surface area (Å²) < 4.78 is 0. The summed E-state index contributed by atoms with van der Waals surface area (Å²) in [5.41, 5.74) is 3.22. The number of hydrogen-bond donors (Lipinski definition) is 2. The maximum Gasteiger partial charge on any atom is 0.251 e. The monoisotopic (exact) mass is 318 g/mol. The second-order valence-corrected chi connectivity index (χ2v) is 5.57. The first-order valence-corrected chi connectivity index (χ1v) is 7.35. The van der Waals surface area contributed by atoms with Crippen molar-refractivity contribution in [2.24, 2.45) is 0 Å². The molecule has 0 atom stereocenters. The molecule has 3 nitrogen and oxygen atoms in total. The predicted molar refractivity (Wildman–Crippen MR) is 85.7 cm³/mol. The smallest absolute Gasteiger partial charge is 0.251 e. The molecule has 22 heavy (non-hydrogen) atoms. The van der Waals surface area contributed by atoms with Gasteiger partial charge >= 0.3 is 0 Å². The van der Waals surface area contributed by atoms with E-state index in [0.717, 1.165) is 18.5 Å². The quantitative estimate of drug-likeness (QED) is 0.645. The molecule has 0 saturated heterocycles. The molecule has 0 aliphatic heterocycles. The van der Waals surface area contributed by atoms with Crippen molar-refractivity contribution in [3.05, 3.63) is 71.3 Å². The highest BCUT2D eigenvalue weighted by Gasteiger charge is 2.05. The summed E-state index contributed by atoms with van der Waals surface area (Å²) in [5, 5.41) is 2.94. The lowest BCUT2D eigenvalue weighted by molar-refractivity contribution is -0.856. The van der Waals surface area contributed by atoms with Crippen LogP contribution < -0.4 is 22.6 Å². The lowest BCUT2D eigenvalue weighted by Gasteiger charge is -2.09. The average Bonchev–Trinajstić information content (AvgIpc) is 2.48. The average molecular weight is 319 g/mol. The third-order valence-electron chi connectivity index (χ3n) is 3.38. The number of amides is 1. The molecular formula is C18H23ClN2O. The van der Waals surface area contributed by atoms with Crippen LogP contribution >= 0.6 is 0 Å². The van der Waals surface area contributed by atoms with Gasteiger partial charge in [0.15, 0.2) is 0 Å². The second-order valence-electron chi connectivity index (χ2n) is 5.57. The largest absolute Gasteiger partial charge is 1.00 e. The summed E-state index contributed by atoms with van der Waals surface area (Å²) in [6, 6.07) is 18.2. The molecule has 0 spiro atoms. The van der Waals surface area contributed by atoms with Gasteiger partial charge in [0.1, 0.15) is 0 Å². The highest BCUT2D eigenvalue weighted by Crippen LogP contribution is 2.10. The van der Waals surface area contributed by atoms with Crippen molar-refractivity contribution >= 4 is 5.91 Å². The molecule has 0 radical (unpaired) electrons. The van der Waals surface area contributed by atoms with Crippen LogP contribution in [0.2, 0.25) is 0 Å². The number of likely N-dealkylation sites (N-methyl/N-ethyl adjacent to an activating group) is 1. The van der Waals surface area contributed by atoms with Crippen LogP contribution in [0.1, 0.15) is 21.5 Å². The van der Waals surface area contributed by atoms with Crippen molar-refractivity contribution in [1.29, 1.82) is 0 Å². The second kappa shape index (κ2) is 9.23. The summed E-state index contributed by atoms with van der Waals surface area (Å²) in [5.74, 6) is 0.00233. The number of halogens is 1. The zero-order valence-electron chi connectivity index (χ0n) is 13.1. The van der Waals surface area contributed by atoms with Crippen molar-refractivity contribution in [2.75, 3.05) is 27.2 Å². The van der Waals surface area contributed by atoms with Gasteiger partial charge in [0.2, 0.25) is 0 Å². The van der Waals surface area contributed by atoms with E-state index in [2.05, 4.69) is 31.5 Å². The van der Waals surface area contributed by atoms with Crippen LogP contribution in [0, 0.1) is 0 Å². The van der Waals surface area contributed by atoms with Crippen LogP contribution in [0.15, 0.2) is 54.6 Å². The minimum Gasteiger partial charge on any atom is -1.00 e. The zero-order chi connectivity index (χ0) is 15.1. The molecule has 1 amide bonds. The molecule has 0 unspecified atom stereocenters. The Bertz CT molecular complexity index is 567. The number of carbonyl (C=O) groups excluding carboxylic acids is 1.